The van der Waals surface area contributed by atoms with Gasteiger partial charge in [0, 0.05) is 19.1 Å². The SMILES string of the molecule is CCc1c(C(=O)N2CCCC(N)C2)nnn1-c1ccc(OC(C)C)cc1.Cl. The summed E-state index contributed by atoms with van der Waals surface area (Å²) in [5.41, 5.74) is 8.10. The predicted octanol–water partition coefficient (Wildman–Crippen LogP) is 2.60. The number of nitrogens with zero attached hydrogens (tertiary/aromatic N) is 4. The van der Waals surface area contributed by atoms with E-state index in [0.717, 1.165) is 36.5 Å². The number of hydrogen-bond acceptors (Lipinski definition) is 5. The van der Waals surface area contributed by atoms with E-state index in [9.17, 15) is 4.79 Å². The van der Waals surface area contributed by atoms with Gasteiger partial charge in [-0.1, -0.05) is 12.1 Å². The molecule has 0 saturated carbocycles. The second kappa shape index (κ2) is 9.19. The third-order valence-electron chi connectivity index (χ3n) is 4.50. The van der Waals surface area contributed by atoms with Crippen molar-refractivity contribution in [3.05, 3.63) is 35.7 Å². The molecule has 8 heteroatoms. The molecule has 1 fully saturated rings. The minimum Gasteiger partial charge on any atom is -0.491 e. The molecule has 0 radical (unpaired) electrons. The van der Waals surface area contributed by atoms with Gasteiger partial charge in [-0.2, -0.15) is 0 Å². The zero-order chi connectivity index (χ0) is 18.7. The van der Waals surface area contributed by atoms with E-state index < -0.39 is 0 Å². The van der Waals surface area contributed by atoms with E-state index >= 15 is 0 Å². The number of likely N-dealkylation sites (tertiary alicyclic amines) is 1. The van der Waals surface area contributed by atoms with E-state index in [2.05, 4.69) is 10.3 Å². The number of piperidine rings is 1. The lowest BCUT2D eigenvalue weighted by Crippen LogP contribution is -2.46. The Labute approximate surface area is 166 Å². The number of ether oxygens (including phenoxy) is 1. The van der Waals surface area contributed by atoms with Crippen molar-refractivity contribution in [1.82, 2.24) is 19.9 Å². The maximum absolute atomic E-state index is 12.9. The zero-order valence-electron chi connectivity index (χ0n) is 16.1. The van der Waals surface area contributed by atoms with Gasteiger partial charge < -0.3 is 15.4 Å². The lowest BCUT2D eigenvalue weighted by molar-refractivity contribution is 0.0701. The van der Waals surface area contributed by atoms with Gasteiger partial charge in [0.1, 0.15) is 5.75 Å². The highest BCUT2D eigenvalue weighted by Crippen LogP contribution is 2.20. The lowest BCUT2D eigenvalue weighted by Gasteiger charge is -2.30. The summed E-state index contributed by atoms with van der Waals surface area (Å²) in [5.74, 6) is 0.725. The number of aromatic nitrogens is 3. The van der Waals surface area contributed by atoms with Gasteiger partial charge in [0.05, 0.1) is 17.5 Å². The Morgan fingerprint density at radius 3 is 2.63 bits per heavy atom. The smallest absolute Gasteiger partial charge is 0.276 e. The van der Waals surface area contributed by atoms with Crippen LogP contribution in [0.3, 0.4) is 0 Å². The van der Waals surface area contributed by atoms with Crippen LogP contribution in [0.4, 0.5) is 0 Å². The molecule has 1 amide bonds. The number of hydrogen-bond donors (Lipinski definition) is 1. The molecule has 2 aromatic rings. The first-order valence-corrected chi connectivity index (χ1v) is 9.26. The molecule has 0 bridgehead atoms. The summed E-state index contributed by atoms with van der Waals surface area (Å²) in [6.07, 6.45) is 2.68. The van der Waals surface area contributed by atoms with Crippen molar-refractivity contribution in [1.29, 1.82) is 0 Å². The third kappa shape index (κ3) is 4.78. The normalized spacial score (nSPS) is 16.9. The Balaban J connectivity index is 0.00000261. The van der Waals surface area contributed by atoms with Gasteiger partial charge in [-0.3, -0.25) is 4.79 Å². The maximum atomic E-state index is 12.9. The summed E-state index contributed by atoms with van der Waals surface area (Å²) in [4.78, 5) is 14.7. The summed E-state index contributed by atoms with van der Waals surface area (Å²) in [6, 6.07) is 7.71. The van der Waals surface area contributed by atoms with Gasteiger partial charge in [0.25, 0.3) is 5.91 Å². The number of rotatable bonds is 5. The predicted molar refractivity (Wildman–Crippen MR) is 107 cm³/mol. The second-order valence-electron chi connectivity index (χ2n) is 6.96. The van der Waals surface area contributed by atoms with E-state index in [1.54, 1.807) is 9.58 Å². The number of amides is 1. The molecule has 1 aliphatic rings. The number of benzene rings is 1. The number of halogens is 1. The molecule has 2 heterocycles. The molecule has 3 rings (SSSR count). The first-order chi connectivity index (χ1) is 12.5. The van der Waals surface area contributed by atoms with E-state index in [4.69, 9.17) is 10.5 Å². The molecule has 1 aromatic heterocycles. The maximum Gasteiger partial charge on any atom is 0.276 e. The van der Waals surface area contributed by atoms with Gasteiger partial charge in [-0.15, -0.1) is 17.5 Å². The van der Waals surface area contributed by atoms with Gasteiger partial charge in [-0.05, 0) is 57.4 Å². The van der Waals surface area contributed by atoms with Gasteiger partial charge >= 0.3 is 0 Å². The molecule has 1 atom stereocenters. The van der Waals surface area contributed by atoms with Crippen LogP contribution in [0.1, 0.15) is 49.8 Å². The largest absolute Gasteiger partial charge is 0.491 e. The minimum atomic E-state index is -0.0805. The highest BCUT2D eigenvalue weighted by molar-refractivity contribution is 5.93. The third-order valence-corrected chi connectivity index (χ3v) is 4.50. The Morgan fingerprint density at radius 1 is 1.33 bits per heavy atom. The topological polar surface area (TPSA) is 86.3 Å². The summed E-state index contributed by atoms with van der Waals surface area (Å²) < 4.78 is 7.41. The van der Waals surface area contributed by atoms with Gasteiger partial charge in [0.2, 0.25) is 0 Å². The summed E-state index contributed by atoms with van der Waals surface area (Å²) >= 11 is 0. The van der Waals surface area contributed by atoms with E-state index in [0.29, 0.717) is 18.7 Å². The van der Waals surface area contributed by atoms with E-state index in [-0.39, 0.29) is 30.5 Å². The fraction of sp³-hybridized carbons (Fsp3) is 0.526. The number of nitrogens with two attached hydrogens (primary N) is 1. The average molecular weight is 394 g/mol. The van der Waals surface area contributed by atoms with Crippen molar-refractivity contribution >= 4 is 18.3 Å². The number of carbonyl (C=O) groups excluding carboxylic acids is 1. The molecule has 2 N–H and O–H groups in total. The van der Waals surface area contributed by atoms with Crippen molar-refractivity contribution in [2.24, 2.45) is 5.73 Å². The highest BCUT2D eigenvalue weighted by atomic mass is 35.5. The van der Waals surface area contributed by atoms with E-state index in [1.165, 1.54) is 0 Å². The first-order valence-electron chi connectivity index (χ1n) is 9.26. The minimum absolute atomic E-state index is 0. The van der Waals surface area contributed by atoms with Crippen LogP contribution in [-0.2, 0) is 6.42 Å². The van der Waals surface area contributed by atoms with Crippen molar-refractivity contribution in [3.63, 3.8) is 0 Å². The second-order valence-corrected chi connectivity index (χ2v) is 6.96. The van der Waals surface area contributed by atoms with Crippen LogP contribution < -0.4 is 10.5 Å². The van der Waals surface area contributed by atoms with E-state index in [1.807, 2.05) is 45.0 Å². The molecule has 7 nitrogen and oxygen atoms in total. The molecular weight excluding hydrogens is 366 g/mol. The standard InChI is InChI=1S/C19H27N5O2.ClH/c1-4-17-18(19(25)23-11-5-6-14(20)12-23)21-22-24(17)15-7-9-16(10-8-15)26-13(2)3;/h7-10,13-14H,4-6,11-12,20H2,1-3H3;1H. The fourth-order valence-electron chi connectivity index (χ4n) is 3.27. The summed E-state index contributed by atoms with van der Waals surface area (Å²) in [5, 5.41) is 8.41. The Bertz CT molecular complexity index is 760. The van der Waals surface area contributed by atoms with Crippen LogP contribution in [-0.4, -0.2) is 51.0 Å². The zero-order valence-corrected chi connectivity index (χ0v) is 16.9. The Morgan fingerprint density at radius 2 is 2.04 bits per heavy atom. The van der Waals surface area contributed by atoms with Crippen LogP contribution in [0.2, 0.25) is 0 Å². The monoisotopic (exact) mass is 393 g/mol. The average Bonchev–Trinajstić information content (AvgIpc) is 3.05. The molecule has 1 saturated heterocycles. The quantitative estimate of drug-likeness (QED) is 0.843. The van der Waals surface area contributed by atoms with Crippen LogP contribution in [0.15, 0.2) is 24.3 Å². The Kier molecular flexibility index (Phi) is 7.21. The van der Waals surface area contributed by atoms with Gasteiger partial charge in [-0.25, -0.2) is 4.68 Å². The van der Waals surface area contributed by atoms with Gasteiger partial charge in [0.15, 0.2) is 5.69 Å². The molecule has 148 valence electrons. The van der Waals surface area contributed by atoms with Crippen LogP contribution in [0, 0.1) is 0 Å². The van der Waals surface area contributed by atoms with Crippen LogP contribution >= 0.6 is 12.4 Å². The highest BCUT2D eigenvalue weighted by Gasteiger charge is 2.27. The Hall–Kier alpha value is -2.12. The number of carbonyl (C=O) groups is 1. The molecule has 0 aliphatic carbocycles. The molecule has 27 heavy (non-hydrogen) atoms. The lowest BCUT2D eigenvalue weighted by atomic mass is 10.1. The van der Waals surface area contributed by atoms with Crippen LogP contribution in [0.5, 0.6) is 5.75 Å². The fourth-order valence-corrected chi connectivity index (χ4v) is 3.27. The van der Waals surface area contributed by atoms with Crippen LogP contribution in [0.25, 0.3) is 5.69 Å². The van der Waals surface area contributed by atoms with Crippen molar-refractivity contribution in [2.75, 3.05) is 13.1 Å². The molecule has 1 aliphatic heterocycles. The van der Waals surface area contributed by atoms with Crippen molar-refractivity contribution in [2.45, 2.75) is 52.2 Å². The first kappa shape index (κ1) is 21.2. The van der Waals surface area contributed by atoms with Crippen molar-refractivity contribution < 1.29 is 9.53 Å². The summed E-state index contributed by atoms with van der Waals surface area (Å²) in [7, 11) is 0. The molecular formula is C19H28ClN5O2. The molecule has 0 spiro atoms. The summed E-state index contributed by atoms with van der Waals surface area (Å²) in [6.45, 7) is 7.29. The van der Waals surface area contributed by atoms with Crippen molar-refractivity contribution in [3.8, 4) is 11.4 Å². The molecule has 1 aromatic carbocycles. The molecule has 1 unspecified atom stereocenters.